The van der Waals surface area contributed by atoms with Crippen molar-refractivity contribution >= 4 is 10.0 Å². The molecule has 2 atom stereocenters. The van der Waals surface area contributed by atoms with E-state index in [0.29, 0.717) is 18.4 Å². The van der Waals surface area contributed by atoms with E-state index >= 15 is 0 Å². The lowest BCUT2D eigenvalue weighted by Gasteiger charge is -2.18. The Kier molecular flexibility index (Phi) is 6.04. The van der Waals surface area contributed by atoms with Gasteiger partial charge in [0.2, 0.25) is 10.0 Å². The molecule has 84 valence electrons. The molecule has 2 unspecified atom stereocenters. The molecular weight excluding hydrogens is 198 g/mol. The van der Waals surface area contributed by atoms with Crippen molar-refractivity contribution in [3.63, 3.8) is 0 Å². The van der Waals surface area contributed by atoms with Crippen LogP contribution in [0.5, 0.6) is 0 Å². The van der Waals surface area contributed by atoms with Crippen LogP contribution in [0.3, 0.4) is 0 Å². The van der Waals surface area contributed by atoms with Crippen LogP contribution in [0.25, 0.3) is 0 Å². The summed E-state index contributed by atoms with van der Waals surface area (Å²) in [4.78, 5) is 0. The Labute approximate surface area is 87.6 Å². The maximum Gasteiger partial charge on any atom is 0.208 e. The van der Waals surface area contributed by atoms with Crippen LogP contribution in [0.4, 0.5) is 0 Å². The summed E-state index contributed by atoms with van der Waals surface area (Å²) in [5, 5.41) is 0. The zero-order chi connectivity index (χ0) is 11.2. The van der Waals surface area contributed by atoms with Crippen molar-refractivity contribution < 1.29 is 8.42 Å². The van der Waals surface area contributed by atoms with Gasteiger partial charge in [-0.3, -0.25) is 0 Å². The van der Waals surface area contributed by atoms with Crippen molar-refractivity contribution in [2.75, 3.05) is 12.8 Å². The number of hydrogen-bond acceptors (Lipinski definition) is 2. The number of sulfonamides is 1. The number of rotatable bonds is 7. The molecule has 0 saturated carbocycles. The lowest BCUT2D eigenvalue weighted by molar-refractivity contribution is 0.394. The molecular formula is C10H21NO2S. The normalized spacial score (nSPS) is 16.2. The van der Waals surface area contributed by atoms with Crippen LogP contribution >= 0.6 is 0 Å². The minimum Gasteiger partial charge on any atom is -0.215 e. The molecule has 0 rings (SSSR count). The Hall–Kier alpha value is -0.350. The topological polar surface area (TPSA) is 46.2 Å². The van der Waals surface area contributed by atoms with Crippen molar-refractivity contribution in [1.29, 1.82) is 0 Å². The molecule has 0 aromatic rings. The molecule has 0 aliphatic carbocycles. The largest absolute Gasteiger partial charge is 0.215 e. The lowest BCUT2D eigenvalue weighted by Crippen LogP contribution is -2.25. The summed E-state index contributed by atoms with van der Waals surface area (Å²) in [7, 11) is -3.04. The number of allylic oxidation sites excluding steroid dienone is 1. The van der Waals surface area contributed by atoms with Crippen LogP contribution in [-0.2, 0) is 10.0 Å². The molecule has 0 fully saturated rings. The number of hydrogen-bond donors (Lipinski definition) is 1. The highest BCUT2D eigenvalue weighted by Crippen LogP contribution is 2.19. The third-order valence-electron chi connectivity index (χ3n) is 2.52. The van der Waals surface area contributed by atoms with Crippen LogP contribution < -0.4 is 4.72 Å². The fourth-order valence-electron chi connectivity index (χ4n) is 1.35. The predicted octanol–water partition coefficient (Wildman–Crippen LogP) is 1.77. The van der Waals surface area contributed by atoms with Crippen molar-refractivity contribution in [2.24, 2.45) is 11.8 Å². The Balaban J connectivity index is 3.91. The molecule has 0 bridgehead atoms. The first-order chi connectivity index (χ1) is 6.40. The molecule has 0 aliphatic rings. The molecule has 0 aromatic heterocycles. The minimum absolute atomic E-state index is 0.397. The molecule has 0 aliphatic heterocycles. The Bertz CT molecular complexity index is 259. The summed E-state index contributed by atoms with van der Waals surface area (Å²) in [6, 6.07) is 0. The second kappa shape index (κ2) is 6.19. The van der Waals surface area contributed by atoms with Crippen molar-refractivity contribution in [2.45, 2.75) is 26.7 Å². The van der Waals surface area contributed by atoms with E-state index in [0.717, 1.165) is 12.8 Å². The molecule has 14 heavy (non-hydrogen) atoms. The average Bonchev–Trinajstić information content (AvgIpc) is 2.09. The standard InChI is InChI=1S/C10H21NO2S/c1-5-9(3)10(6-2)7-8-11-14(4,12)13/h6,9-11H,2,5,7-8H2,1,3-4H3. The Morgan fingerprint density at radius 3 is 2.43 bits per heavy atom. The predicted molar refractivity (Wildman–Crippen MR) is 60.6 cm³/mol. The van der Waals surface area contributed by atoms with Gasteiger partial charge >= 0.3 is 0 Å². The summed E-state index contributed by atoms with van der Waals surface area (Å²) in [5.41, 5.74) is 0. The molecule has 0 saturated heterocycles. The van der Waals surface area contributed by atoms with Gasteiger partial charge in [-0.2, -0.15) is 0 Å². The molecule has 0 heterocycles. The van der Waals surface area contributed by atoms with Gasteiger partial charge in [-0.05, 0) is 18.3 Å². The summed E-state index contributed by atoms with van der Waals surface area (Å²) in [6.07, 6.45) is 5.01. The molecule has 0 radical (unpaired) electrons. The number of nitrogens with one attached hydrogen (secondary N) is 1. The van der Waals surface area contributed by atoms with E-state index in [1.807, 2.05) is 6.08 Å². The first-order valence-corrected chi connectivity index (χ1v) is 6.87. The molecule has 0 aromatic carbocycles. The fourth-order valence-corrected chi connectivity index (χ4v) is 1.84. The third kappa shape index (κ3) is 6.16. The van der Waals surface area contributed by atoms with Gasteiger partial charge in [0.15, 0.2) is 0 Å². The van der Waals surface area contributed by atoms with E-state index in [9.17, 15) is 8.42 Å². The summed E-state index contributed by atoms with van der Waals surface area (Å²) in [6.45, 7) is 8.56. The molecule has 1 N–H and O–H groups in total. The van der Waals surface area contributed by atoms with E-state index in [1.165, 1.54) is 6.26 Å². The first-order valence-electron chi connectivity index (χ1n) is 4.98. The van der Waals surface area contributed by atoms with Gasteiger partial charge in [0, 0.05) is 6.54 Å². The van der Waals surface area contributed by atoms with Crippen LogP contribution in [0.15, 0.2) is 12.7 Å². The van der Waals surface area contributed by atoms with Gasteiger partial charge in [-0.1, -0.05) is 26.3 Å². The van der Waals surface area contributed by atoms with Gasteiger partial charge < -0.3 is 0 Å². The van der Waals surface area contributed by atoms with Crippen molar-refractivity contribution in [3.8, 4) is 0 Å². The highest BCUT2D eigenvalue weighted by molar-refractivity contribution is 7.88. The van der Waals surface area contributed by atoms with Gasteiger partial charge in [0.25, 0.3) is 0 Å². The maximum absolute atomic E-state index is 10.8. The summed E-state index contributed by atoms with van der Waals surface area (Å²) in [5.74, 6) is 0.961. The van der Waals surface area contributed by atoms with Crippen LogP contribution in [0.2, 0.25) is 0 Å². The zero-order valence-electron chi connectivity index (χ0n) is 9.29. The average molecular weight is 219 g/mol. The Morgan fingerprint density at radius 2 is 2.07 bits per heavy atom. The summed E-state index contributed by atoms with van der Waals surface area (Å²) >= 11 is 0. The highest BCUT2D eigenvalue weighted by Gasteiger charge is 2.12. The van der Waals surface area contributed by atoms with Gasteiger partial charge in [-0.15, -0.1) is 6.58 Å². The quantitative estimate of drug-likeness (QED) is 0.663. The molecule has 4 heteroatoms. The second-order valence-electron chi connectivity index (χ2n) is 3.74. The zero-order valence-corrected chi connectivity index (χ0v) is 10.1. The van der Waals surface area contributed by atoms with Gasteiger partial charge in [-0.25, -0.2) is 13.1 Å². The molecule has 0 amide bonds. The van der Waals surface area contributed by atoms with E-state index < -0.39 is 10.0 Å². The van der Waals surface area contributed by atoms with Gasteiger partial charge in [0.1, 0.15) is 0 Å². The van der Waals surface area contributed by atoms with Gasteiger partial charge in [0.05, 0.1) is 6.26 Å². The Morgan fingerprint density at radius 1 is 1.50 bits per heavy atom. The monoisotopic (exact) mass is 219 g/mol. The minimum atomic E-state index is -3.04. The summed E-state index contributed by atoms with van der Waals surface area (Å²) < 4.78 is 24.1. The fraction of sp³-hybridized carbons (Fsp3) is 0.800. The van der Waals surface area contributed by atoms with E-state index in [1.54, 1.807) is 0 Å². The molecule has 0 spiro atoms. The molecule has 3 nitrogen and oxygen atoms in total. The van der Waals surface area contributed by atoms with Crippen LogP contribution in [0, 0.1) is 11.8 Å². The maximum atomic E-state index is 10.8. The van der Waals surface area contributed by atoms with Crippen LogP contribution in [0.1, 0.15) is 26.7 Å². The third-order valence-corrected chi connectivity index (χ3v) is 3.25. The van der Waals surface area contributed by atoms with Crippen molar-refractivity contribution in [1.82, 2.24) is 4.72 Å². The van der Waals surface area contributed by atoms with Crippen LogP contribution in [-0.4, -0.2) is 21.2 Å². The van der Waals surface area contributed by atoms with Crippen molar-refractivity contribution in [3.05, 3.63) is 12.7 Å². The SMILES string of the molecule is C=CC(CCNS(C)(=O)=O)C(C)CC. The highest BCUT2D eigenvalue weighted by atomic mass is 32.2. The smallest absolute Gasteiger partial charge is 0.208 e. The van der Waals surface area contributed by atoms with E-state index in [-0.39, 0.29) is 0 Å². The van der Waals surface area contributed by atoms with E-state index in [4.69, 9.17) is 0 Å². The van der Waals surface area contributed by atoms with E-state index in [2.05, 4.69) is 25.1 Å². The lowest BCUT2D eigenvalue weighted by atomic mass is 9.89. The second-order valence-corrected chi connectivity index (χ2v) is 5.57. The first kappa shape index (κ1) is 13.7.